The summed E-state index contributed by atoms with van der Waals surface area (Å²) in [5.74, 6) is 1.88. The number of aliphatic imine (C=N–C) groups is 1. The van der Waals surface area contributed by atoms with Crippen LogP contribution in [0.2, 0.25) is 0 Å². The lowest BCUT2D eigenvalue weighted by atomic mass is 10.3. The number of thiazole rings is 1. The van der Waals surface area contributed by atoms with Gasteiger partial charge in [0.05, 0.1) is 12.2 Å². The van der Waals surface area contributed by atoms with Crippen molar-refractivity contribution in [3.05, 3.63) is 41.4 Å². The molecule has 1 N–H and O–H groups in total. The third-order valence-electron chi connectivity index (χ3n) is 4.65. The second-order valence-corrected chi connectivity index (χ2v) is 7.74. The van der Waals surface area contributed by atoms with Crippen molar-refractivity contribution in [3.8, 4) is 5.75 Å². The number of rotatable bonds is 7. The van der Waals surface area contributed by atoms with E-state index in [0.717, 1.165) is 61.9 Å². The average molecular weight is 530 g/mol. The fourth-order valence-corrected chi connectivity index (χ4v) is 3.84. The van der Waals surface area contributed by atoms with Gasteiger partial charge >= 0.3 is 0 Å². The van der Waals surface area contributed by atoms with E-state index in [1.807, 2.05) is 56.4 Å². The first kappa shape index (κ1) is 23.7. The number of benzene rings is 1. The molecule has 0 spiro atoms. The third-order valence-corrected chi connectivity index (χ3v) is 5.71. The largest absolute Gasteiger partial charge is 0.492 e. The molecule has 1 aliphatic heterocycles. The molecule has 1 aromatic carbocycles. The highest BCUT2D eigenvalue weighted by Crippen LogP contribution is 2.17. The summed E-state index contributed by atoms with van der Waals surface area (Å²) in [7, 11) is 5.87. The van der Waals surface area contributed by atoms with Crippen LogP contribution < -0.4 is 15.0 Å². The van der Waals surface area contributed by atoms with Crippen molar-refractivity contribution in [1.29, 1.82) is 0 Å². The topological polar surface area (TPSA) is 56.2 Å². The molecule has 9 heteroatoms. The molecule has 2 aromatic rings. The van der Waals surface area contributed by atoms with E-state index < -0.39 is 0 Å². The van der Waals surface area contributed by atoms with Crippen LogP contribution in [0.15, 0.2) is 40.7 Å². The van der Waals surface area contributed by atoms with Crippen LogP contribution in [0.25, 0.3) is 0 Å². The SMILES string of the molecule is CN=C(NCc1csc(N(C)C)n1)N1CCN(CCOc2ccccc2)CC1.I. The number of halogens is 1. The van der Waals surface area contributed by atoms with Gasteiger partial charge in [0.15, 0.2) is 11.1 Å². The minimum absolute atomic E-state index is 0. The van der Waals surface area contributed by atoms with E-state index in [2.05, 4.69) is 30.5 Å². The summed E-state index contributed by atoms with van der Waals surface area (Å²) < 4.78 is 5.81. The van der Waals surface area contributed by atoms with Gasteiger partial charge in [0.1, 0.15) is 12.4 Å². The Kier molecular flexibility index (Phi) is 9.95. The van der Waals surface area contributed by atoms with Crippen LogP contribution in [0.3, 0.4) is 0 Å². The molecule has 2 heterocycles. The second kappa shape index (κ2) is 12.2. The lowest BCUT2D eigenvalue weighted by Crippen LogP contribution is -2.52. The van der Waals surface area contributed by atoms with Crippen molar-refractivity contribution in [2.24, 2.45) is 4.99 Å². The molecule has 0 bridgehead atoms. The van der Waals surface area contributed by atoms with Crippen LogP contribution in [0.4, 0.5) is 5.13 Å². The predicted octanol–water partition coefficient (Wildman–Crippen LogP) is 2.60. The van der Waals surface area contributed by atoms with Crippen molar-refractivity contribution in [2.75, 3.05) is 65.4 Å². The molecule has 1 fully saturated rings. The average Bonchev–Trinajstić information content (AvgIpc) is 3.20. The van der Waals surface area contributed by atoms with Gasteiger partial charge in [-0.2, -0.15) is 0 Å². The Bertz CT molecular complexity index is 746. The van der Waals surface area contributed by atoms with Gasteiger partial charge in [-0.3, -0.25) is 9.89 Å². The van der Waals surface area contributed by atoms with Crippen LogP contribution in [0.1, 0.15) is 5.69 Å². The molecular formula is C20H31IN6OS. The molecule has 1 saturated heterocycles. The maximum Gasteiger partial charge on any atom is 0.194 e. The number of para-hydroxylation sites is 1. The van der Waals surface area contributed by atoms with Crippen LogP contribution in [0, 0.1) is 0 Å². The molecule has 0 unspecified atom stereocenters. The zero-order chi connectivity index (χ0) is 19.8. The van der Waals surface area contributed by atoms with Crippen LogP contribution in [-0.2, 0) is 6.54 Å². The number of nitrogens with zero attached hydrogens (tertiary/aromatic N) is 5. The minimum atomic E-state index is 0. The Balaban J connectivity index is 0.00000300. The van der Waals surface area contributed by atoms with Crippen molar-refractivity contribution < 1.29 is 4.74 Å². The molecule has 1 aromatic heterocycles. The summed E-state index contributed by atoms with van der Waals surface area (Å²) in [5.41, 5.74) is 1.05. The van der Waals surface area contributed by atoms with Crippen LogP contribution in [-0.4, -0.2) is 81.2 Å². The molecule has 0 amide bonds. The molecular weight excluding hydrogens is 499 g/mol. The van der Waals surface area contributed by atoms with Crippen LogP contribution in [0.5, 0.6) is 5.75 Å². The fourth-order valence-electron chi connectivity index (χ4n) is 3.08. The summed E-state index contributed by atoms with van der Waals surface area (Å²) in [5, 5.41) is 6.57. The standard InChI is InChI=1S/C20H30N6OS.HI/c1-21-19(22-15-17-16-28-20(23-17)24(2)3)26-11-9-25(10-12-26)13-14-27-18-7-5-4-6-8-18;/h4-8,16H,9-15H2,1-3H3,(H,21,22);1H. The molecule has 160 valence electrons. The van der Waals surface area contributed by atoms with Crippen molar-refractivity contribution in [3.63, 3.8) is 0 Å². The molecule has 29 heavy (non-hydrogen) atoms. The van der Waals surface area contributed by atoms with E-state index in [0.29, 0.717) is 6.54 Å². The van der Waals surface area contributed by atoms with Crippen molar-refractivity contribution in [2.45, 2.75) is 6.54 Å². The Labute approximate surface area is 194 Å². The third kappa shape index (κ3) is 7.31. The van der Waals surface area contributed by atoms with Gasteiger partial charge in [0.25, 0.3) is 0 Å². The minimum Gasteiger partial charge on any atom is -0.492 e. The zero-order valence-corrected chi connectivity index (χ0v) is 20.5. The highest BCUT2D eigenvalue weighted by molar-refractivity contribution is 14.0. The molecule has 3 rings (SSSR count). The van der Waals surface area contributed by atoms with E-state index in [4.69, 9.17) is 4.74 Å². The summed E-state index contributed by atoms with van der Waals surface area (Å²) in [6.07, 6.45) is 0. The molecule has 1 aliphatic rings. The molecule has 0 radical (unpaired) electrons. The predicted molar refractivity (Wildman–Crippen MR) is 132 cm³/mol. The quantitative estimate of drug-likeness (QED) is 0.338. The number of anilines is 1. The van der Waals surface area contributed by atoms with E-state index in [-0.39, 0.29) is 24.0 Å². The van der Waals surface area contributed by atoms with E-state index in [1.54, 1.807) is 11.3 Å². The van der Waals surface area contributed by atoms with Crippen molar-refractivity contribution >= 4 is 46.4 Å². The fraction of sp³-hybridized carbons (Fsp3) is 0.500. The van der Waals surface area contributed by atoms with Gasteiger partial charge in [-0.1, -0.05) is 18.2 Å². The second-order valence-electron chi connectivity index (χ2n) is 6.91. The number of guanidine groups is 1. The Hall–Kier alpha value is -1.59. The number of ether oxygens (including phenoxy) is 1. The van der Waals surface area contributed by atoms with E-state index in [9.17, 15) is 0 Å². The first-order valence-electron chi connectivity index (χ1n) is 9.63. The summed E-state index contributed by atoms with van der Waals surface area (Å²) in [6.45, 7) is 6.31. The van der Waals surface area contributed by atoms with Gasteiger partial charge in [-0.05, 0) is 12.1 Å². The lowest BCUT2D eigenvalue weighted by molar-refractivity contribution is 0.152. The van der Waals surface area contributed by atoms with Gasteiger partial charge in [-0.15, -0.1) is 35.3 Å². The Morgan fingerprint density at radius 1 is 1.21 bits per heavy atom. The highest BCUT2D eigenvalue weighted by Gasteiger charge is 2.19. The zero-order valence-electron chi connectivity index (χ0n) is 17.4. The van der Waals surface area contributed by atoms with Crippen LogP contribution >= 0.6 is 35.3 Å². The number of piperazine rings is 1. The van der Waals surface area contributed by atoms with Gasteiger partial charge in [-0.25, -0.2) is 4.98 Å². The first-order valence-corrected chi connectivity index (χ1v) is 10.5. The normalized spacial score (nSPS) is 15.0. The number of aromatic nitrogens is 1. The number of nitrogens with one attached hydrogen (secondary N) is 1. The monoisotopic (exact) mass is 530 g/mol. The first-order chi connectivity index (χ1) is 13.7. The molecule has 0 aliphatic carbocycles. The highest BCUT2D eigenvalue weighted by atomic mass is 127. The van der Waals surface area contributed by atoms with Gasteiger partial charge < -0.3 is 19.9 Å². The van der Waals surface area contributed by atoms with E-state index >= 15 is 0 Å². The smallest absolute Gasteiger partial charge is 0.194 e. The Morgan fingerprint density at radius 2 is 1.93 bits per heavy atom. The van der Waals surface area contributed by atoms with Crippen molar-refractivity contribution in [1.82, 2.24) is 20.1 Å². The van der Waals surface area contributed by atoms with Gasteiger partial charge in [0, 0.05) is 59.2 Å². The Morgan fingerprint density at radius 3 is 2.55 bits per heavy atom. The molecule has 7 nitrogen and oxygen atoms in total. The number of hydrogen-bond acceptors (Lipinski definition) is 6. The van der Waals surface area contributed by atoms with E-state index in [1.165, 1.54) is 0 Å². The molecule has 0 atom stereocenters. The molecule has 0 saturated carbocycles. The summed E-state index contributed by atoms with van der Waals surface area (Å²) >= 11 is 1.66. The maximum atomic E-state index is 5.81. The lowest BCUT2D eigenvalue weighted by Gasteiger charge is -2.36. The summed E-state index contributed by atoms with van der Waals surface area (Å²) in [4.78, 5) is 15.9. The summed E-state index contributed by atoms with van der Waals surface area (Å²) in [6, 6.07) is 10.00. The number of hydrogen-bond donors (Lipinski definition) is 1. The van der Waals surface area contributed by atoms with Gasteiger partial charge in [0.2, 0.25) is 0 Å². The maximum absolute atomic E-state index is 5.81.